The number of likely N-dealkylation sites (tertiary alicyclic amines) is 1. The molecule has 3 saturated heterocycles. The number of ether oxygens (including phenoxy) is 1. The van der Waals surface area contributed by atoms with Gasteiger partial charge in [0.05, 0.1) is 30.8 Å². The van der Waals surface area contributed by atoms with E-state index in [0.717, 1.165) is 73.5 Å². The number of anilines is 4. The maximum atomic E-state index is 5.46. The topological polar surface area (TPSA) is 82.5 Å². The van der Waals surface area contributed by atoms with Gasteiger partial charge in [0.2, 0.25) is 5.95 Å². The summed E-state index contributed by atoms with van der Waals surface area (Å²) in [6, 6.07) is 9.43. The minimum atomic E-state index is 0.545. The van der Waals surface area contributed by atoms with Crippen LogP contribution >= 0.6 is 0 Å². The van der Waals surface area contributed by atoms with Crippen LogP contribution in [-0.4, -0.2) is 83.4 Å². The number of morpholine rings is 1. The number of pyridine rings is 2. The van der Waals surface area contributed by atoms with Gasteiger partial charge >= 0.3 is 0 Å². The fourth-order valence-corrected chi connectivity index (χ4v) is 5.30. The normalized spacial score (nSPS) is 22.4. The molecule has 3 aliphatic rings. The number of rotatable bonds is 5. The van der Waals surface area contributed by atoms with E-state index in [4.69, 9.17) is 19.7 Å². The summed E-state index contributed by atoms with van der Waals surface area (Å²) in [5.41, 5.74) is 3.82. The molecule has 0 aliphatic carbocycles. The van der Waals surface area contributed by atoms with Crippen molar-refractivity contribution in [1.29, 1.82) is 0 Å². The number of nitrogens with zero attached hydrogens (tertiary/aromatic N) is 7. The number of aryl methyl sites for hydroxylation is 1. The van der Waals surface area contributed by atoms with Gasteiger partial charge in [0.15, 0.2) is 0 Å². The molecule has 2 bridgehead atoms. The second-order valence-corrected chi connectivity index (χ2v) is 9.39. The smallest absolute Gasteiger partial charge is 0.227 e. The van der Waals surface area contributed by atoms with Gasteiger partial charge in [-0.2, -0.15) is 0 Å². The zero-order chi connectivity index (χ0) is 23.1. The lowest BCUT2D eigenvalue weighted by molar-refractivity contribution is 0.122. The summed E-state index contributed by atoms with van der Waals surface area (Å²) in [5.74, 6) is 2.61. The van der Waals surface area contributed by atoms with Gasteiger partial charge in [0.25, 0.3) is 0 Å². The van der Waals surface area contributed by atoms with Crippen molar-refractivity contribution in [1.82, 2.24) is 24.8 Å². The molecule has 0 saturated carbocycles. The highest BCUT2D eigenvalue weighted by molar-refractivity contribution is 5.65. The first-order valence-corrected chi connectivity index (χ1v) is 12.0. The van der Waals surface area contributed by atoms with Crippen LogP contribution in [0.5, 0.6) is 0 Å². The summed E-state index contributed by atoms with van der Waals surface area (Å²) < 4.78 is 5.46. The third kappa shape index (κ3) is 4.05. The molecule has 9 heteroatoms. The van der Waals surface area contributed by atoms with Crippen molar-refractivity contribution in [2.24, 2.45) is 0 Å². The molecule has 1 N–H and O–H groups in total. The lowest BCUT2D eigenvalue weighted by atomic mass is 10.1. The number of nitrogens with one attached hydrogen (secondary N) is 1. The van der Waals surface area contributed by atoms with Crippen LogP contribution in [0, 0.1) is 6.92 Å². The fraction of sp³-hybridized carbons (Fsp3) is 0.440. The van der Waals surface area contributed by atoms with Crippen LogP contribution in [0.1, 0.15) is 12.0 Å². The minimum Gasteiger partial charge on any atom is -0.378 e. The van der Waals surface area contributed by atoms with Gasteiger partial charge < -0.3 is 19.9 Å². The largest absolute Gasteiger partial charge is 0.378 e. The summed E-state index contributed by atoms with van der Waals surface area (Å²) in [7, 11) is 2.21. The van der Waals surface area contributed by atoms with Crippen LogP contribution in [-0.2, 0) is 4.74 Å². The average Bonchev–Trinajstić information content (AvgIpc) is 3.45. The molecule has 0 amide bonds. The lowest BCUT2D eigenvalue weighted by Gasteiger charge is -2.32. The van der Waals surface area contributed by atoms with Crippen molar-refractivity contribution in [3.8, 4) is 11.3 Å². The van der Waals surface area contributed by atoms with E-state index in [1.807, 2.05) is 18.5 Å². The van der Waals surface area contributed by atoms with Gasteiger partial charge in [0, 0.05) is 56.2 Å². The monoisotopic (exact) mass is 458 g/mol. The zero-order valence-corrected chi connectivity index (χ0v) is 19.7. The van der Waals surface area contributed by atoms with Crippen LogP contribution in [0.25, 0.3) is 11.3 Å². The van der Waals surface area contributed by atoms with Crippen LogP contribution in [0.3, 0.4) is 0 Å². The lowest BCUT2D eigenvalue weighted by Crippen LogP contribution is -2.44. The fourth-order valence-electron chi connectivity index (χ4n) is 5.30. The highest BCUT2D eigenvalue weighted by atomic mass is 16.5. The molecule has 176 valence electrons. The Hall–Kier alpha value is -3.30. The van der Waals surface area contributed by atoms with Crippen molar-refractivity contribution >= 4 is 23.3 Å². The van der Waals surface area contributed by atoms with E-state index in [0.29, 0.717) is 18.0 Å². The molecule has 2 atom stereocenters. The van der Waals surface area contributed by atoms with Crippen LogP contribution < -0.4 is 15.1 Å². The molecule has 2 unspecified atom stereocenters. The van der Waals surface area contributed by atoms with Gasteiger partial charge in [-0.05, 0) is 50.2 Å². The molecule has 9 nitrogen and oxygen atoms in total. The van der Waals surface area contributed by atoms with Crippen LogP contribution in [0.15, 0.2) is 42.9 Å². The molecule has 3 aromatic heterocycles. The Morgan fingerprint density at radius 1 is 1.00 bits per heavy atom. The van der Waals surface area contributed by atoms with Crippen molar-refractivity contribution in [2.75, 3.05) is 61.6 Å². The molecule has 0 radical (unpaired) electrons. The Bertz CT molecular complexity index is 1160. The minimum absolute atomic E-state index is 0.545. The zero-order valence-electron chi connectivity index (χ0n) is 19.7. The van der Waals surface area contributed by atoms with Gasteiger partial charge in [0.1, 0.15) is 11.6 Å². The second-order valence-electron chi connectivity index (χ2n) is 9.39. The molecule has 34 heavy (non-hydrogen) atoms. The summed E-state index contributed by atoms with van der Waals surface area (Å²) in [6.07, 6.45) is 6.76. The Labute approximate surface area is 199 Å². The van der Waals surface area contributed by atoms with E-state index in [1.54, 1.807) is 6.20 Å². The number of hydrogen-bond acceptors (Lipinski definition) is 9. The number of hydrogen-bond donors (Lipinski definition) is 1. The Balaban J connectivity index is 1.15. The van der Waals surface area contributed by atoms with E-state index in [2.05, 4.69) is 57.2 Å². The Kier molecular flexibility index (Phi) is 5.50. The standard InChI is InChI=1S/C25H30N8O/c1-17-11-18(13-28-24(17)32-7-9-34-10-8-32)22-5-6-26-25(30-22)29-19-3-4-23(27-14-19)33-16-20-12-21(33)15-31(20)2/h3-6,11,13-14,20-21H,7-10,12,15-16H2,1-2H3,(H,26,29,30). The Morgan fingerprint density at radius 3 is 2.59 bits per heavy atom. The van der Waals surface area contributed by atoms with E-state index >= 15 is 0 Å². The number of piperazine rings is 1. The molecule has 3 aliphatic heterocycles. The van der Waals surface area contributed by atoms with Gasteiger partial charge in [-0.25, -0.2) is 19.9 Å². The first kappa shape index (κ1) is 21.2. The van der Waals surface area contributed by atoms with Gasteiger partial charge in [-0.15, -0.1) is 0 Å². The van der Waals surface area contributed by atoms with E-state index in [1.165, 1.54) is 6.42 Å². The highest BCUT2D eigenvalue weighted by Gasteiger charge is 2.41. The first-order chi connectivity index (χ1) is 16.6. The van der Waals surface area contributed by atoms with Crippen molar-refractivity contribution in [3.05, 3.63) is 48.4 Å². The first-order valence-electron chi connectivity index (χ1n) is 12.0. The predicted molar refractivity (Wildman–Crippen MR) is 133 cm³/mol. The van der Waals surface area contributed by atoms with Crippen molar-refractivity contribution in [3.63, 3.8) is 0 Å². The third-order valence-corrected chi connectivity index (χ3v) is 7.13. The van der Waals surface area contributed by atoms with Crippen molar-refractivity contribution < 1.29 is 4.74 Å². The van der Waals surface area contributed by atoms with Crippen LogP contribution in [0.4, 0.5) is 23.3 Å². The molecule has 0 aromatic carbocycles. The van der Waals surface area contributed by atoms with E-state index in [9.17, 15) is 0 Å². The summed E-state index contributed by atoms with van der Waals surface area (Å²) in [6.45, 7) is 7.51. The Morgan fingerprint density at radius 2 is 1.88 bits per heavy atom. The number of likely N-dealkylation sites (N-methyl/N-ethyl adjacent to an activating group) is 1. The predicted octanol–water partition coefficient (Wildman–Crippen LogP) is 2.71. The molecule has 0 spiro atoms. The number of aromatic nitrogens is 4. The van der Waals surface area contributed by atoms with Gasteiger partial charge in [-0.3, -0.25) is 4.90 Å². The average molecular weight is 459 g/mol. The SMILES string of the molecule is Cc1cc(-c2ccnc(Nc3ccc(N4CC5CC4CN5C)nc3)n2)cnc1N1CCOCC1. The second kappa shape index (κ2) is 8.81. The van der Waals surface area contributed by atoms with Gasteiger partial charge in [-0.1, -0.05) is 0 Å². The maximum absolute atomic E-state index is 5.46. The molecular formula is C25H30N8O. The third-order valence-electron chi connectivity index (χ3n) is 7.13. The van der Waals surface area contributed by atoms with Crippen molar-refractivity contribution in [2.45, 2.75) is 25.4 Å². The molecule has 6 rings (SSSR count). The van der Waals surface area contributed by atoms with E-state index < -0.39 is 0 Å². The molecule has 3 aromatic rings. The summed E-state index contributed by atoms with van der Waals surface area (Å²) in [4.78, 5) is 25.7. The summed E-state index contributed by atoms with van der Waals surface area (Å²) in [5, 5.41) is 3.30. The molecule has 3 fully saturated rings. The number of fused-ring (bicyclic) bond motifs is 2. The maximum Gasteiger partial charge on any atom is 0.227 e. The summed E-state index contributed by atoms with van der Waals surface area (Å²) >= 11 is 0. The molecule has 6 heterocycles. The molecular weight excluding hydrogens is 428 g/mol. The van der Waals surface area contributed by atoms with Crippen LogP contribution in [0.2, 0.25) is 0 Å². The van der Waals surface area contributed by atoms with E-state index in [-0.39, 0.29) is 0 Å². The quantitative estimate of drug-likeness (QED) is 0.620. The highest BCUT2D eigenvalue weighted by Crippen LogP contribution is 2.33.